The number of benzene rings is 1. The van der Waals surface area contributed by atoms with E-state index in [4.69, 9.17) is 14.0 Å². The minimum absolute atomic E-state index is 0.257. The van der Waals surface area contributed by atoms with Crippen molar-refractivity contribution in [3.63, 3.8) is 0 Å². The minimum atomic E-state index is 0.257. The fraction of sp³-hybridized carbons (Fsp3) is 0.231. The van der Waals surface area contributed by atoms with E-state index in [1.54, 1.807) is 18.2 Å². The summed E-state index contributed by atoms with van der Waals surface area (Å²) in [5, 5.41) is 3.84. The van der Waals surface area contributed by atoms with E-state index >= 15 is 0 Å². The summed E-state index contributed by atoms with van der Waals surface area (Å²) in [5.41, 5.74) is 1.19. The smallest absolute Gasteiger partial charge is 0.175 e. The fourth-order valence-corrected chi connectivity index (χ4v) is 2.15. The molecule has 1 heterocycles. The Morgan fingerprint density at radius 1 is 1.42 bits per heavy atom. The van der Waals surface area contributed by atoms with Crippen LogP contribution < -0.4 is 9.47 Å². The zero-order valence-electron chi connectivity index (χ0n) is 10.5. The maximum atomic E-state index is 10.8. The predicted octanol–water partition coefficient (Wildman–Crippen LogP) is 3.15. The second-order valence-electron chi connectivity index (χ2n) is 3.87. The number of carbonyl (C=O) groups is 1. The van der Waals surface area contributed by atoms with Gasteiger partial charge in [0, 0.05) is 11.6 Å². The monoisotopic (exact) mass is 325 g/mol. The van der Waals surface area contributed by atoms with E-state index in [0.29, 0.717) is 27.2 Å². The Hall–Kier alpha value is -1.82. The van der Waals surface area contributed by atoms with Gasteiger partial charge in [0.25, 0.3) is 0 Å². The molecule has 0 saturated heterocycles. The second-order valence-corrected chi connectivity index (χ2v) is 4.72. The largest absolute Gasteiger partial charge is 0.493 e. The summed E-state index contributed by atoms with van der Waals surface area (Å²) in [5.74, 6) is 1.73. The lowest BCUT2D eigenvalue weighted by molar-refractivity contribution is 0.112. The van der Waals surface area contributed by atoms with E-state index < -0.39 is 0 Å². The van der Waals surface area contributed by atoms with Crippen molar-refractivity contribution in [2.75, 3.05) is 7.11 Å². The standard InChI is InChI=1S/C13H12BrNO4/c1-8-3-10(15-19-8)7-18-13-11(14)4-9(6-16)5-12(13)17-2/h3-6H,7H2,1-2H3. The van der Waals surface area contributed by atoms with E-state index in [-0.39, 0.29) is 6.61 Å². The molecule has 2 rings (SSSR count). The molecule has 0 saturated carbocycles. The quantitative estimate of drug-likeness (QED) is 0.790. The van der Waals surface area contributed by atoms with Crippen molar-refractivity contribution in [2.45, 2.75) is 13.5 Å². The first-order valence-electron chi connectivity index (χ1n) is 5.51. The lowest BCUT2D eigenvalue weighted by Gasteiger charge is -2.12. The molecular weight excluding hydrogens is 314 g/mol. The number of nitrogens with zero attached hydrogens (tertiary/aromatic N) is 1. The van der Waals surface area contributed by atoms with Crippen LogP contribution in [0.3, 0.4) is 0 Å². The Bertz CT molecular complexity index is 594. The molecule has 0 bridgehead atoms. The number of carbonyl (C=O) groups excluding carboxylic acids is 1. The first-order valence-corrected chi connectivity index (χ1v) is 6.31. The van der Waals surface area contributed by atoms with Crippen LogP contribution in [-0.2, 0) is 6.61 Å². The first kappa shape index (κ1) is 13.6. The number of rotatable bonds is 5. The third kappa shape index (κ3) is 3.14. The van der Waals surface area contributed by atoms with Crippen molar-refractivity contribution in [1.82, 2.24) is 5.16 Å². The SMILES string of the molecule is COc1cc(C=O)cc(Br)c1OCc1cc(C)on1. The number of ether oxygens (including phenoxy) is 2. The third-order valence-electron chi connectivity index (χ3n) is 2.43. The van der Waals surface area contributed by atoms with E-state index in [9.17, 15) is 4.79 Å². The topological polar surface area (TPSA) is 61.6 Å². The molecule has 1 aromatic carbocycles. The van der Waals surface area contributed by atoms with Gasteiger partial charge in [-0.25, -0.2) is 0 Å². The minimum Gasteiger partial charge on any atom is -0.493 e. The Balaban J connectivity index is 2.21. The van der Waals surface area contributed by atoms with Gasteiger partial charge in [0.15, 0.2) is 11.5 Å². The van der Waals surface area contributed by atoms with Crippen LogP contribution in [-0.4, -0.2) is 18.6 Å². The summed E-state index contributed by atoms with van der Waals surface area (Å²) in [6, 6.07) is 5.07. The molecular formula is C13H12BrNO4. The van der Waals surface area contributed by atoms with Crippen molar-refractivity contribution < 1.29 is 18.8 Å². The summed E-state index contributed by atoms with van der Waals surface area (Å²) in [6.45, 7) is 2.07. The first-order chi connectivity index (χ1) is 9.13. The van der Waals surface area contributed by atoms with Crippen molar-refractivity contribution in [3.05, 3.63) is 39.7 Å². The fourth-order valence-electron chi connectivity index (χ4n) is 1.58. The van der Waals surface area contributed by atoms with Crippen LogP contribution in [0.2, 0.25) is 0 Å². The lowest BCUT2D eigenvalue weighted by atomic mass is 10.2. The molecule has 0 amide bonds. The molecule has 0 aliphatic heterocycles. The van der Waals surface area contributed by atoms with Crippen LogP contribution in [0, 0.1) is 6.92 Å². The van der Waals surface area contributed by atoms with Gasteiger partial charge in [-0.2, -0.15) is 0 Å². The third-order valence-corrected chi connectivity index (χ3v) is 3.02. The number of halogens is 1. The van der Waals surface area contributed by atoms with Crippen molar-refractivity contribution in [2.24, 2.45) is 0 Å². The molecule has 0 fully saturated rings. The Kier molecular flexibility index (Phi) is 4.21. The van der Waals surface area contributed by atoms with E-state index in [1.165, 1.54) is 7.11 Å². The molecule has 0 spiro atoms. The average Bonchev–Trinajstić information content (AvgIpc) is 2.82. The van der Waals surface area contributed by atoms with Gasteiger partial charge < -0.3 is 14.0 Å². The van der Waals surface area contributed by atoms with Crippen molar-refractivity contribution >= 4 is 22.2 Å². The van der Waals surface area contributed by atoms with E-state index in [0.717, 1.165) is 12.0 Å². The van der Waals surface area contributed by atoms with Crippen LogP contribution in [0.1, 0.15) is 21.8 Å². The highest BCUT2D eigenvalue weighted by Gasteiger charge is 2.12. The van der Waals surface area contributed by atoms with Crippen LogP contribution in [0.25, 0.3) is 0 Å². The summed E-state index contributed by atoms with van der Waals surface area (Å²) in [7, 11) is 1.52. The van der Waals surface area contributed by atoms with Gasteiger partial charge in [0.2, 0.25) is 0 Å². The van der Waals surface area contributed by atoms with E-state index in [1.807, 2.05) is 6.92 Å². The van der Waals surface area contributed by atoms with Gasteiger partial charge >= 0.3 is 0 Å². The predicted molar refractivity (Wildman–Crippen MR) is 71.7 cm³/mol. The summed E-state index contributed by atoms with van der Waals surface area (Å²) in [6.07, 6.45) is 0.748. The molecule has 0 N–H and O–H groups in total. The van der Waals surface area contributed by atoms with Gasteiger partial charge in [-0.15, -0.1) is 0 Å². The lowest BCUT2D eigenvalue weighted by Crippen LogP contribution is -1.99. The maximum absolute atomic E-state index is 10.8. The number of aromatic nitrogens is 1. The molecule has 1 aromatic heterocycles. The van der Waals surface area contributed by atoms with Gasteiger partial charge in [0.05, 0.1) is 11.6 Å². The second kappa shape index (κ2) is 5.88. The Morgan fingerprint density at radius 2 is 2.21 bits per heavy atom. The molecule has 0 atom stereocenters. The number of aldehydes is 1. The summed E-state index contributed by atoms with van der Waals surface area (Å²) < 4.78 is 16.5. The number of methoxy groups -OCH3 is 1. The van der Waals surface area contributed by atoms with Gasteiger partial charge in [-0.3, -0.25) is 4.79 Å². The molecule has 2 aromatic rings. The van der Waals surface area contributed by atoms with Gasteiger partial charge in [0.1, 0.15) is 24.3 Å². The molecule has 0 aliphatic carbocycles. The summed E-state index contributed by atoms with van der Waals surface area (Å²) >= 11 is 3.35. The highest BCUT2D eigenvalue weighted by molar-refractivity contribution is 9.10. The molecule has 19 heavy (non-hydrogen) atoms. The Morgan fingerprint density at radius 3 is 2.79 bits per heavy atom. The van der Waals surface area contributed by atoms with E-state index in [2.05, 4.69) is 21.1 Å². The molecule has 5 nitrogen and oxygen atoms in total. The van der Waals surface area contributed by atoms with Gasteiger partial charge in [-0.05, 0) is 35.0 Å². The van der Waals surface area contributed by atoms with Crippen molar-refractivity contribution in [1.29, 1.82) is 0 Å². The van der Waals surface area contributed by atoms with Crippen molar-refractivity contribution in [3.8, 4) is 11.5 Å². The zero-order valence-corrected chi connectivity index (χ0v) is 12.1. The van der Waals surface area contributed by atoms with Crippen LogP contribution in [0.4, 0.5) is 0 Å². The molecule has 0 radical (unpaired) electrons. The van der Waals surface area contributed by atoms with Crippen LogP contribution in [0.5, 0.6) is 11.5 Å². The number of hydrogen-bond donors (Lipinski definition) is 0. The van der Waals surface area contributed by atoms with Crippen LogP contribution in [0.15, 0.2) is 27.2 Å². The molecule has 6 heteroatoms. The normalized spacial score (nSPS) is 10.3. The average molecular weight is 326 g/mol. The maximum Gasteiger partial charge on any atom is 0.175 e. The number of aryl methyl sites for hydroxylation is 1. The highest BCUT2D eigenvalue weighted by Crippen LogP contribution is 2.36. The Labute approximate surface area is 118 Å². The van der Waals surface area contributed by atoms with Crippen LogP contribution >= 0.6 is 15.9 Å². The van der Waals surface area contributed by atoms with Gasteiger partial charge in [-0.1, -0.05) is 5.16 Å². The molecule has 100 valence electrons. The molecule has 0 aliphatic rings. The zero-order chi connectivity index (χ0) is 13.8. The number of hydrogen-bond acceptors (Lipinski definition) is 5. The summed E-state index contributed by atoms with van der Waals surface area (Å²) in [4.78, 5) is 10.8. The highest BCUT2D eigenvalue weighted by atomic mass is 79.9. The molecule has 0 unspecified atom stereocenters.